The molecule has 5 aromatic rings. The van der Waals surface area contributed by atoms with E-state index in [9.17, 15) is 0 Å². The monoisotopic (exact) mass is 463 g/mol. The summed E-state index contributed by atoms with van der Waals surface area (Å²) in [6, 6.07) is 28.5. The molecule has 2 heterocycles. The first kappa shape index (κ1) is 18.6. The van der Waals surface area contributed by atoms with Crippen LogP contribution in [0.2, 0.25) is 11.5 Å². The molecule has 31 heavy (non-hydrogen) atoms. The van der Waals surface area contributed by atoms with Crippen molar-refractivity contribution in [3.05, 3.63) is 90.6 Å². The van der Waals surface area contributed by atoms with Gasteiger partial charge in [-0.3, -0.25) is 0 Å². The third-order valence-corrected chi connectivity index (χ3v) is 14.1. The van der Waals surface area contributed by atoms with E-state index in [4.69, 9.17) is 9.72 Å². The van der Waals surface area contributed by atoms with E-state index < -0.39 is 13.3 Å². The quantitative estimate of drug-likeness (QED) is 0.282. The van der Waals surface area contributed by atoms with Crippen molar-refractivity contribution in [2.45, 2.75) is 18.4 Å². The second-order valence-corrected chi connectivity index (χ2v) is 18.2. The average molecular weight is 462 g/mol. The number of hydrogen-bond donors (Lipinski definition) is 0. The Morgan fingerprint density at radius 3 is 2.39 bits per heavy atom. The number of aryl methyl sites for hydroxylation is 1. The van der Waals surface area contributed by atoms with Gasteiger partial charge in [0.05, 0.1) is 0 Å². The summed E-state index contributed by atoms with van der Waals surface area (Å²) in [5, 5.41) is 4.79. The number of fused-ring (bicyclic) bond motifs is 3. The molecule has 0 atom stereocenters. The van der Waals surface area contributed by atoms with Crippen LogP contribution in [0.1, 0.15) is 5.56 Å². The van der Waals surface area contributed by atoms with Gasteiger partial charge in [0.2, 0.25) is 0 Å². The van der Waals surface area contributed by atoms with Crippen LogP contribution in [0.5, 0.6) is 11.5 Å². The van der Waals surface area contributed by atoms with Crippen LogP contribution in [-0.4, -0.2) is 18.3 Å². The van der Waals surface area contributed by atoms with Crippen molar-refractivity contribution in [3.8, 4) is 22.8 Å². The fourth-order valence-electron chi connectivity index (χ4n) is 4.87. The van der Waals surface area contributed by atoms with E-state index in [-0.39, 0.29) is 0 Å². The molecule has 0 fully saturated rings. The summed E-state index contributed by atoms with van der Waals surface area (Å²) in [7, 11) is 0. The Balaban J connectivity index is 1.63. The Hall–Kier alpha value is -3.11. The van der Waals surface area contributed by atoms with Gasteiger partial charge in [-0.15, -0.1) is 0 Å². The van der Waals surface area contributed by atoms with Crippen LogP contribution in [0.25, 0.3) is 32.8 Å². The van der Waals surface area contributed by atoms with Gasteiger partial charge in [0.1, 0.15) is 0 Å². The van der Waals surface area contributed by atoms with Crippen molar-refractivity contribution in [2.24, 2.45) is 0 Å². The number of nitrogens with zero attached hydrogens (tertiary/aromatic N) is 1. The molecule has 1 aliphatic rings. The molecule has 2 nitrogen and oxygen atoms in total. The van der Waals surface area contributed by atoms with Gasteiger partial charge in [-0.25, -0.2) is 0 Å². The molecule has 0 N–H and O–H groups in total. The Bertz CT molecular complexity index is 1490. The van der Waals surface area contributed by atoms with Crippen molar-refractivity contribution < 1.29 is 4.74 Å². The number of ether oxygens (including phenoxy) is 1. The number of rotatable bonds is 2. The van der Waals surface area contributed by atoms with Gasteiger partial charge in [-0.2, -0.15) is 0 Å². The molecular weight excluding hydrogens is 439 g/mol. The molecule has 1 aromatic heterocycles. The number of benzene rings is 4. The van der Waals surface area contributed by atoms with E-state index >= 15 is 0 Å². The molecule has 3 heteroatoms. The van der Waals surface area contributed by atoms with Crippen molar-refractivity contribution in [1.82, 2.24) is 4.98 Å². The van der Waals surface area contributed by atoms with Crippen LogP contribution in [0.3, 0.4) is 0 Å². The van der Waals surface area contributed by atoms with Gasteiger partial charge in [-0.1, -0.05) is 0 Å². The van der Waals surface area contributed by atoms with E-state index in [2.05, 4.69) is 97.3 Å². The van der Waals surface area contributed by atoms with Gasteiger partial charge < -0.3 is 0 Å². The van der Waals surface area contributed by atoms with Crippen LogP contribution < -0.4 is 13.5 Å². The van der Waals surface area contributed by atoms with E-state index in [0.717, 1.165) is 28.1 Å². The summed E-state index contributed by atoms with van der Waals surface area (Å²) in [6.45, 7) is 2.15. The summed E-state index contributed by atoms with van der Waals surface area (Å²) >= 11 is -2.47. The predicted molar refractivity (Wildman–Crippen MR) is 133 cm³/mol. The maximum atomic E-state index is 6.65. The summed E-state index contributed by atoms with van der Waals surface area (Å²) in [6.07, 6.45) is 1.94. The van der Waals surface area contributed by atoms with E-state index in [1.807, 2.05) is 6.20 Å². The summed E-state index contributed by atoms with van der Waals surface area (Å²) in [5.74, 6) is 6.80. The second-order valence-electron chi connectivity index (χ2n) is 8.92. The van der Waals surface area contributed by atoms with Gasteiger partial charge in [0.15, 0.2) is 0 Å². The molecule has 1 aliphatic heterocycles. The first-order valence-electron chi connectivity index (χ1n) is 10.7. The summed E-state index contributed by atoms with van der Waals surface area (Å²) in [5.41, 5.74) is 3.29. The first-order chi connectivity index (χ1) is 15.0. The number of aromatic nitrogens is 1. The zero-order chi connectivity index (χ0) is 21.2. The Morgan fingerprint density at radius 2 is 1.55 bits per heavy atom. The van der Waals surface area contributed by atoms with Crippen molar-refractivity contribution in [2.75, 3.05) is 0 Å². The van der Waals surface area contributed by atoms with Crippen LogP contribution in [-0.2, 0) is 0 Å². The van der Waals surface area contributed by atoms with Crippen LogP contribution >= 0.6 is 0 Å². The Morgan fingerprint density at radius 1 is 0.774 bits per heavy atom. The van der Waals surface area contributed by atoms with Gasteiger partial charge >= 0.3 is 185 Å². The molecule has 0 unspecified atom stereocenters. The fourth-order valence-corrected chi connectivity index (χ4v) is 9.84. The average Bonchev–Trinajstić information content (AvgIpc) is 2.80. The minimum atomic E-state index is -2.47. The van der Waals surface area contributed by atoms with Crippen molar-refractivity contribution in [1.29, 1.82) is 0 Å². The summed E-state index contributed by atoms with van der Waals surface area (Å²) < 4.78 is 9.55. The third-order valence-electron chi connectivity index (χ3n) is 6.76. The topological polar surface area (TPSA) is 22.1 Å². The second kappa shape index (κ2) is 6.70. The SMILES string of the molecule is Cc1c2c(cc3ccccc13)-c1nccc3c[c]([Ge]([CH3])([CH3])[c]4ccccc4)cc(c13)O2. The molecule has 0 spiro atoms. The fraction of sp³-hybridized carbons (Fsp3) is 0.107. The zero-order valence-corrected chi connectivity index (χ0v) is 20.0. The molecular formula is C28H23GeNO. The summed E-state index contributed by atoms with van der Waals surface area (Å²) in [4.78, 5) is 4.81. The van der Waals surface area contributed by atoms with E-state index in [1.165, 1.54) is 30.5 Å². The Kier molecular flexibility index (Phi) is 4.03. The van der Waals surface area contributed by atoms with E-state index in [1.54, 1.807) is 0 Å². The predicted octanol–water partition coefficient (Wildman–Crippen LogP) is 6.29. The standard InChI is InChI=1S/C28H23GeNO/c1-18-23-12-8-7-9-19(23)16-24-27-26-20(13-14-30-27)15-22(17-25(26)31-28(18)24)29(2,3)21-10-5-4-6-11-21/h4-17H,1-3H3. The van der Waals surface area contributed by atoms with Gasteiger partial charge in [0.25, 0.3) is 0 Å². The molecule has 0 saturated carbocycles. The zero-order valence-electron chi connectivity index (χ0n) is 17.9. The Labute approximate surface area is 184 Å². The first-order valence-corrected chi connectivity index (χ1v) is 17.0. The minimum absolute atomic E-state index is 0.938. The van der Waals surface area contributed by atoms with Gasteiger partial charge in [0, 0.05) is 0 Å². The maximum absolute atomic E-state index is 6.65. The molecule has 0 amide bonds. The van der Waals surface area contributed by atoms with Crippen LogP contribution in [0, 0.1) is 6.92 Å². The molecule has 6 rings (SSSR count). The molecule has 0 radical (unpaired) electrons. The van der Waals surface area contributed by atoms with E-state index in [0.29, 0.717) is 0 Å². The van der Waals surface area contributed by atoms with Crippen LogP contribution in [0.4, 0.5) is 0 Å². The van der Waals surface area contributed by atoms with Crippen LogP contribution in [0.15, 0.2) is 85.1 Å². The normalized spacial score (nSPS) is 12.6. The molecule has 4 aromatic carbocycles. The number of hydrogen-bond acceptors (Lipinski definition) is 2. The molecule has 150 valence electrons. The van der Waals surface area contributed by atoms with Crippen molar-refractivity contribution >= 4 is 43.6 Å². The third kappa shape index (κ3) is 2.75. The molecule has 0 aliphatic carbocycles. The molecule has 0 saturated heterocycles. The van der Waals surface area contributed by atoms with Crippen molar-refractivity contribution in [3.63, 3.8) is 0 Å². The molecule has 0 bridgehead atoms. The van der Waals surface area contributed by atoms with Gasteiger partial charge in [-0.05, 0) is 0 Å². The number of pyridine rings is 1.